The summed E-state index contributed by atoms with van der Waals surface area (Å²) in [6.07, 6.45) is 0. The first-order chi connectivity index (χ1) is 13.3. The maximum absolute atomic E-state index is 12.2. The van der Waals surface area contributed by atoms with Crippen molar-refractivity contribution in [1.29, 1.82) is 0 Å². The van der Waals surface area contributed by atoms with E-state index in [1.165, 1.54) is 16.9 Å². The van der Waals surface area contributed by atoms with Crippen LogP contribution in [0.4, 0.5) is 5.13 Å². The molecule has 1 amide bonds. The fraction of sp³-hybridized carbons (Fsp3) is 0.238. The van der Waals surface area contributed by atoms with Gasteiger partial charge in [-0.3, -0.25) is 4.79 Å². The Balaban J connectivity index is 1.62. The number of nitrogens with one attached hydrogen (secondary N) is 1. The van der Waals surface area contributed by atoms with Crippen LogP contribution in [0.3, 0.4) is 0 Å². The van der Waals surface area contributed by atoms with E-state index in [9.17, 15) is 13.2 Å². The van der Waals surface area contributed by atoms with Crippen molar-refractivity contribution in [3.8, 4) is 11.3 Å². The zero-order valence-electron chi connectivity index (χ0n) is 15.8. The van der Waals surface area contributed by atoms with Crippen LogP contribution in [-0.4, -0.2) is 25.1 Å². The van der Waals surface area contributed by atoms with E-state index in [2.05, 4.69) is 36.3 Å². The van der Waals surface area contributed by atoms with Crippen LogP contribution in [0.1, 0.15) is 30.9 Å². The van der Waals surface area contributed by atoms with Gasteiger partial charge in [0.2, 0.25) is 5.91 Å². The molecule has 0 bridgehead atoms. The van der Waals surface area contributed by atoms with E-state index in [0.29, 0.717) is 16.6 Å². The van der Waals surface area contributed by atoms with Gasteiger partial charge in [-0.25, -0.2) is 13.4 Å². The first kappa shape index (κ1) is 20.2. The number of aromatic nitrogens is 1. The van der Waals surface area contributed by atoms with Crippen LogP contribution < -0.4 is 5.32 Å². The van der Waals surface area contributed by atoms with E-state index < -0.39 is 21.5 Å². The van der Waals surface area contributed by atoms with Crippen LogP contribution in [0.5, 0.6) is 0 Å². The molecule has 0 saturated heterocycles. The van der Waals surface area contributed by atoms with E-state index in [4.69, 9.17) is 0 Å². The average molecular weight is 415 g/mol. The predicted octanol–water partition coefficient (Wildman–Crippen LogP) is 4.49. The normalized spacial score (nSPS) is 11.5. The summed E-state index contributed by atoms with van der Waals surface area (Å²) in [6.45, 7) is 4.27. The zero-order valence-corrected chi connectivity index (χ0v) is 17.4. The van der Waals surface area contributed by atoms with Crippen LogP contribution in [0.25, 0.3) is 11.3 Å². The van der Waals surface area contributed by atoms with Crippen molar-refractivity contribution in [3.63, 3.8) is 0 Å². The summed E-state index contributed by atoms with van der Waals surface area (Å²) in [6, 6.07) is 17.0. The summed E-state index contributed by atoms with van der Waals surface area (Å²) in [5, 5.41) is 4.83. The number of hydrogen-bond acceptors (Lipinski definition) is 5. The lowest BCUT2D eigenvalue weighted by Crippen LogP contribution is -2.23. The third kappa shape index (κ3) is 5.50. The number of thiazole rings is 1. The van der Waals surface area contributed by atoms with E-state index in [1.54, 1.807) is 24.3 Å². The third-order valence-electron chi connectivity index (χ3n) is 4.20. The highest BCUT2D eigenvalue weighted by Crippen LogP contribution is 2.26. The minimum absolute atomic E-state index is 0.160. The van der Waals surface area contributed by atoms with Gasteiger partial charge in [-0.2, -0.15) is 0 Å². The van der Waals surface area contributed by atoms with Gasteiger partial charge in [-0.05, 0) is 17.0 Å². The molecule has 1 aromatic heterocycles. The van der Waals surface area contributed by atoms with Gasteiger partial charge in [0.1, 0.15) is 5.75 Å². The first-order valence-corrected chi connectivity index (χ1v) is 11.6. The molecular weight excluding hydrogens is 392 g/mol. The predicted molar refractivity (Wildman–Crippen MR) is 114 cm³/mol. The van der Waals surface area contributed by atoms with Gasteiger partial charge in [0, 0.05) is 10.9 Å². The topological polar surface area (TPSA) is 76.1 Å². The lowest BCUT2D eigenvalue weighted by molar-refractivity contribution is -0.113. The molecular formula is C21H22N2O3S2. The molecule has 0 fully saturated rings. The van der Waals surface area contributed by atoms with Gasteiger partial charge < -0.3 is 5.32 Å². The molecule has 0 aliphatic rings. The standard InChI is InChI=1S/C21H22N2O3S2/c1-15(2)17-8-10-18(11-9-17)19-12-27-21(22-19)23-20(24)14-28(25,26)13-16-6-4-3-5-7-16/h3-12,15H,13-14H2,1-2H3,(H,22,23,24). The number of hydrogen-bond donors (Lipinski definition) is 1. The number of benzene rings is 2. The molecule has 3 rings (SSSR count). The van der Waals surface area contributed by atoms with Crippen molar-refractivity contribution in [3.05, 3.63) is 71.1 Å². The molecule has 0 saturated carbocycles. The smallest absolute Gasteiger partial charge is 0.241 e. The molecule has 0 spiro atoms. The Morgan fingerprint density at radius 3 is 2.39 bits per heavy atom. The SMILES string of the molecule is CC(C)c1ccc(-c2csc(NC(=O)CS(=O)(=O)Cc3ccccc3)n2)cc1. The van der Waals surface area contributed by atoms with E-state index in [-0.39, 0.29) is 5.75 Å². The quantitative estimate of drug-likeness (QED) is 0.618. The van der Waals surface area contributed by atoms with Crippen molar-refractivity contribution < 1.29 is 13.2 Å². The Labute approximate surface area is 169 Å². The van der Waals surface area contributed by atoms with Crippen LogP contribution in [0.15, 0.2) is 60.0 Å². The maximum Gasteiger partial charge on any atom is 0.241 e. The molecule has 0 radical (unpaired) electrons. The van der Waals surface area contributed by atoms with E-state index in [0.717, 1.165) is 11.3 Å². The van der Waals surface area contributed by atoms with Crippen molar-refractivity contribution in [2.24, 2.45) is 0 Å². The first-order valence-electron chi connectivity index (χ1n) is 8.92. The summed E-state index contributed by atoms with van der Waals surface area (Å²) in [4.78, 5) is 16.6. The molecule has 0 unspecified atom stereocenters. The van der Waals surface area contributed by atoms with Crippen LogP contribution in [0.2, 0.25) is 0 Å². The third-order valence-corrected chi connectivity index (χ3v) is 6.44. The molecule has 1 heterocycles. The molecule has 0 aliphatic heterocycles. The summed E-state index contributed by atoms with van der Waals surface area (Å²) < 4.78 is 24.5. The monoisotopic (exact) mass is 414 g/mol. The minimum atomic E-state index is -3.55. The number of carbonyl (C=O) groups is 1. The second kappa shape index (κ2) is 8.67. The molecule has 28 heavy (non-hydrogen) atoms. The lowest BCUT2D eigenvalue weighted by atomic mass is 10.0. The van der Waals surface area contributed by atoms with Crippen LogP contribution >= 0.6 is 11.3 Å². The largest absolute Gasteiger partial charge is 0.301 e. The summed E-state index contributed by atoms with van der Waals surface area (Å²) in [7, 11) is -3.55. The van der Waals surface area contributed by atoms with Crippen LogP contribution in [0, 0.1) is 0 Å². The Morgan fingerprint density at radius 2 is 1.75 bits per heavy atom. The fourth-order valence-corrected chi connectivity index (χ4v) is 4.75. The zero-order chi connectivity index (χ0) is 20.1. The average Bonchev–Trinajstić information content (AvgIpc) is 3.10. The molecule has 7 heteroatoms. The Kier molecular flexibility index (Phi) is 6.26. The highest BCUT2D eigenvalue weighted by molar-refractivity contribution is 7.91. The molecule has 3 aromatic rings. The van der Waals surface area contributed by atoms with E-state index >= 15 is 0 Å². The second-order valence-electron chi connectivity index (χ2n) is 6.88. The summed E-state index contributed by atoms with van der Waals surface area (Å²) in [5.41, 5.74) is 3.62. The van der Waals surface area contributed by atoms with E-state index in [1.807, 2.05) is 23.6 Å². The molecule has 1 N–H and O–H groups in total. The van der Waals surface area contributed by atoms with Gasteiger partial charge >= 0.3 is 0 Å². The number of anilines is 1. The summed E-state index contributed by atoms with van der Waals surface area (Å²) in [5.74, 6) is -0.851. The lowest BCUT2D eigenvalue weighted by Gasteiger charge is -2.06. The van der Waals surface area contributed by atoms with Crippen LogP contribution in [-0.2, 0) is 20.4 Å². The van der Waals surface area contributed by atoms with Gasteiger partial charge in [-0.15, -0.1) is 11.3 Å². The number of amides is 1. The number of rotatable bonds is 7. The highest BCUT2D eigenvalue weighted by atomic mass is 32.2. The van der Waals surface area contributed by atoms with Gasteiger partial charge in [-0.1, -0.05) is 68.4 Å². The Hall–Kier alpha value is -2.51. The van der Waals surface area contributed by atoms with Gasteiger partial charge in [0.05, 0.1) is 11.4 Å². The molecule has 0 aliphatic carbocycles. The number of carbonyl (C=O) groups excluding carboxylic acids is 1. The van der Waals surface area contributed by atoms with Crippen molar-refractivity contribution in [1.82, 2.24) is 4.98 Å². The molecule has 0 atom stereocenters. The van der Waals surface area contributed by atoms with Crippen molar-refractivity contribution in [2.45, 2.75) is 25.5 Å². The number of nitrogens with zero attached hydrogens (tertiary/aromatic N) is 1. The second-order valence-corrected chi connectivity index (χ2v) is 9.80. The number of sulfone groups is 1. The fourth-order valence-electron chi connectivity index (χ4n) is 2.74. The summed E-state index contributed by atoms with van der Waals surface area (Å²) >= 11 is 1.28. The van der Waals surface area contributed by atoms with Gasteiger partial charge in [0.25, 0.3) is 0 Å². The minimum Gasteiger partial charge on any atom is -0.301 e. The maximum atomic E-state index is 12.2. The Bertz CT molecular complexity index is 1040. The Morgan fingerprint density at radius 1 is 1.07 bits per heavy atom. The highest BCUT2D eigenvalue weighted by Gasteiger charge is 2.18. The molecule has 146 valence electrons. The van der Waals surface area contributed by atoms with Gasteiger partial charge in [0.15, 0.2) is 15.0 Å². The van der Waals surface area contributed by atoms with Crippen molar-refractivity contribution in [2.75, 3.05) is 11.1 Å². The van der Waals surface area contributed by atoms with Crippen molar-refractivity contribution >= 4 is 32.2 Å². The molecule has 2 aromatic carbocycles. The molecule has 5 nitrogen and oxygen atoms in total.